The Bertz CT molecular complexity index is 283. The van der Waals surface area contributed by atoms with Crippen LogP contribution >= 0.6 is 0 Å². The Hall–Kier alpha value is -0.0400. The summed E-state index contributed by atoms with van der Waals surface area (Å²) in [6, 6.07) is 0. The Balaban J connectivity index is 5.24. The molecule has 0 saturated carbocycles. The third-order valence-electron chi connectivity index (χ3n) is 6.67. The fraction of sp³-hybridized carbons (Fsp3) is 1.00. The lowest BCUT2D eigenvalue weighted by atomic mass is 9.82. The topological polar surface area (TPSA) is 9.23 Å². The highest BCUT2D eigenvalue weighted by atomic mass is 16.5. The van der Waals surface area contributed by atoms with Gasteiger partial charge in [-0.1, -0.05) is 119 Å². The maximum atomic E-state index is 7.29. The van der Waals surface area contributed by atoms with Gasteiger partial charge in [-0.3, -0.25) is 0 Å². The Morgan fingerprint density at radius 2 is 0.741 bits per heavy atom. The van der Waals surface area contributed by atoms with Crippen LogP contribution < -0.4 is 0 Å². The summed E-state index contributed by atoms with van der Waals surface area (Å²) in [7, 11) is 0. The number of rotatable bonds is 20. The van der Waals surface area contributed by atoms with Gasteiger partial charge in [0.25, 0.3) is 0 Å². The molecule has 0 aromatic rings. The lowest BCUT2D eigenvalue weighted by Gasteiger charge is -2.45. The van der Waals surface area contributed by atoms with Crippen LogP contribution in [0.15, 0.2) is 0 Å². The van der Waals surface area contributed by atoms with Crippen LogP contribution in [0.5, 0.6) is 0 Å². The van der Waals surface area contributed by atoms with Gasteiger partial charge in [0.15, 0.2) is 0 Å². The second-order valence-corrected chi connectivity index (χ2v) is 9.00. The van der Waals surface area contributed by atoms with Crippen LogP contribution in [-0.2, 0) is 4.74 Å². The summed E-state index contributed by atoms with van der Waals surface area (Å²) in [4.78, 5) is 0. The molecule has 0 aliphatic carbocycles. The molecule has 27 heavy (non-hydrogen) atoms. The molecule has 1 nitrogen and oxygen atoms in total. The number of hydrogen-bond acceptors (Lipinski definition) is 1. The van der Waals surface area contributed by atoms with Crippen molar-refractivity contribution in [1.82, 2.24) is 0 Å². The summed E-state index contributed by atoms with van der Waals surface area (Å²) in [6.45, 7) is 14.0. The third kappa shape index (κ3) is 11.5. The Kier molecular flexibility index (Phi) is 16.8. The normalized spacial score (nSPS) is 16.2. The summed E-state index contributed by atoms with van der Waals surface area (Å²) in [6.07, 6.45) is 23.4. The molecule has 2 unspecified atom stereocenters. The van der Waals surface area contributed by atoms with Crippen LogP contribution in [0.3, 0.4) is 0 Å². The largest absolute Gasteiger partial charge is 0.369 e. The molecule has 0 aliphatic heterocycles. The smallest absolute Gasteiger partial charge is 0.0687 e. The van der Waals surface area contributed by atoms with Crippen molar-refractivity contribution in [2.75, 3.05) is 0 Å². The molecule has 0 N–H and O–H groups in total. The fourth-order valence-electron chi connectivity index (χ4n) is 4.51. The van der Waals surface area contributed by atoms with E-state index in [1.54, 1.807) is 0 Å². The van der Waals surface area contributed by atoms with Gasteiger partial charge >= 0.3 is 0 Å². The van der Waals surface area contributed by atoms with Crippen molar-refractivity contribution in [2.24, 2.45) is 0 Å². The minimum absolute atomic E-state index is 0.123. The molecule has 0 heterocycles. The highest BCUT2D eigenvalue weighted by Crippen LogP contribution is 2.40. The van der Waals surface area contributed by atoms with E-state index in [9.17, 15) is 0 Å². The zero-order valence-electron chi connectivity index (χ0n) is 20.1. The Labute approximate surface area is 173 Å². The predicted octanol–water partition coefficient (Wildman–Crippen LogP) is 9.62. The van der Waals surface area contributed by atoms with Crippen molar-refractivity contribution in [3.8, 4) is 0 Å². The van der Waals surface area contributed by atoms with Gasteiger partial charge in [-0.05, 0) is 38.5 Å². The van der Waals surface area contributed by atoms with Gasteiger partial charge in [0.1, 0.15) is 0 Å². The lowest BCUT2D eigenvalue weighted by molar-refractivity contribution is -0.177. The zero-order valence-corrected chi connectivity index (χ0v) is 20.1. The monoisotopic (exact) mass is 382 g/mol. The molecule has 0 radical (unpaired) electrons. The molecule has 1 heteroatoms. The summed E-state index contributed by atoms with van der Waals surface area (Å²) in [5.74, 6) is 0. The molecular formula is C26H54O. The molecule has 0 amide bonds. The van der Waals surface area contributed by atoms with Crippen LogP contribution in [0.2, 0.25) is 0 Å². The van der Waals surface area contributed by atoms with Gasteiger partial charge < -0.3 is 4.74 Å². The lowest BCUT2D eigenvalue weighted by Crippen LogP contribution is -2.44. The van der Waals surface area contributed by atoms with Crippen molar-refractivity contribution in [3.63, 3.8) is 0 Å². The average Bonchev–Trinajstić information content (AvgIpc) is 2.70. The highest BCUT2D eigenvalue weighted by Gasteiger charge is 2.38. The zero-order chi connectivity index (χ0) is 20.4. The number of unbranched alkanes of at least 4 members (excludes halogenated alkanes) is 8. The SMILES string of the molecule is CCCCCCC(CC)(CCCC)OC(CC)(CCCC)CCCCCC. The van der Waals surface area contributed by atoms with E-state index in [2.05, 4.69) is 41.5 Å². The minimum Gasteiger partial charge on any atom is -0.369 e. The van der Waals surface area contributed by atoms with E-state index in [1.165, 1.54) is 116 Å². The van der Waals surface area contributed by atoms with E-state index < -0.39 is 0 Å². The minimum atomic E-state index is 0.123. The number of hydrogen-bond donors (Lipinski definition) is 0. The van der Waals surface area contributed by atoms with Gasteiger partial charge in [0.2, 0.25) is 0 Å². The van der Waals surface area contributed by atoms with E-state index in [0.717, 1.165) is 0 Å². The maximum Gasteiger partial charge on any atom is 0.0687 e. The molecular weight excluding hydrogens is 328 g/mol. The van der Waals surface area contributed by atoms with E-state index >= 15 is 0 Å². The predicted molar refractivity (Wildman–Crippen MR) is 124 cm³/mol. The molecule has 0 aliphatic rings. The molecule has 0 spiro atoms. The molecule has 0 aromatic heterocycles. The maximum absolute atomic E-state index is 7.29. The van der Waals surface area contributed by atoms with Gasteiger partial charge in [-0.25, -0.2) is 0 Å². The summed E-state index contributed by atoms with van der Waals surface area (Å²) in [5.41, 5.74) is 0.247. The van der Waals surface area contributed by atoms with Crippen molar-refractivity contribution in [2.45, 2.75) is 168 Å². The molecule has 0 fully saturated rings. The van der Waals surface area contributed by atoms with Crippen molar-refractivity contribution < 1.29 is 4.74 Å². The second kappa shape index (κ2) is 16.9. The van der Waals surface area contributed by atoms with E-state index in [4.69, 9.17) is 4.74 Å². The highest BCUT2D eigenvalue weighted by molar-refractivity contribution is 4.88. The molecule has 0 aromatic carbocycles. The van der Waals surface area contributed by atoms with E-state index in [1.807, 2.05) is 0 Å². The molecule has 0 bridgehead atoms. The van der Waals surface area contributed by atoms with Gasteiger partial charge in [-0.15, -0.1) is 0 Å². The van der Waals surface area contributed by atoms with Gasteiger partial charge in [0.05, 0.1) is 11.2 Å². The summed E-state index contributed by atoms with van der Waals surface area (Å²) < 4.78 is 7.29. The van der Waals surface area contributed by atoms with Crippen LogP contribution in [0.1, 0.15) is 157 Å². The molecule has 164 valence electrons. The first-order chi connectivity index (χ1) is 13.1. The number of ether oxygens (including phenoxy) is 1. The third-order valence-corrected chi connectivity index (χ3v) is 6.67. The van der Waals surface area contributed by atoms with Crippen molar-refractivity contribution >= 4 is 0 Å². The Morgan fingerprint density at radius 1 is 0.407 bits per heavy atom. The molecule has 2 atom stereocenters. The van der Waals surface area contributed by atoms with Crippen molar-refractivity contribution in [3.05, 3.63) is 0 Å². The van der Waals surface area contributed by atoms with Gasteiger partial charge in [-0.2, -0.15) is 0 Å². The first-order valence-electron chi connectivity index (χ1n) is 12.8. The van der Waals surface area contributed by atoms with E-state index in [-0.39, 0.29) is 11.2 Å². The first-order valence-corrected chi connectivity index (χ1v) is 12.8. The summed E-state index contributed by atoms with van der Waals surface area (Å²) in [5, 5.41) is 0. The summed E-state index contributed by atoms with van der Waals surface area (Å²) >= 11 is 0. The van der Waals surface area contributed by atoms with Crippen LogP contribution in [0, 0.1) is 0 Å². The standard InChI is InChI=1S/C26H54O/c1-7-13-17-19-23-25(11-5,21-15-9-3)27-26(12-6,22-16-10-4)24-20-18-14-8-2/h7-24H2,1-6H3. The van der Waals surface area contributed by atoms with Crippen molar-refractivity contribution in [1.29, 1.82) is 0 Å². The van der Waals surface area contributed by atoms with Gasteiger partial charge in [0, 0.05) is 0 Å². The molecule has 0 rings (SSSR count). The average molecular weight is 383 g/mol. The van der Waals surface area contributed by atoms with Crippen LogP contribution in [-0.4, -0.2) is 11.2 Å². The fourth-order valence-corrected chi connectivity index (χ4v) is 4.51. The Morgan fingerprint density at radius 3 is 1.04 bits per heavy atom. The first kappa shape index (κ1) is 27.0. The quantitative estimate of drug-likeness (QED) is 0.190. The molecule has 0 saturated heterocycles. The second-order valence-electron chi connectivity index (χ2n) is 9.00. The van der Waals surface area contributed by atoms with Crippen LogP contribution in [0.4, 0.5) is 0 Å². The van der Waals surface area contributed by atoms with E-state index in [0.29, 0.717) is 0 Å². The van der Waals surface area contributed by atoms with Crippen LogP contribution in [0.25, 0.3) is 0 Å².